The fourth-order valence-electron chi connectivity index (χ4n) is 2.74. The number of hydrogen-bond donors (Lipinski definition) is 4. The number of hydrogen-bond acceptors (Lipinski definition) is 2. The normalized spacial score (nSPS) is 13.4. The second-order valence-electron chi connectivity index (χ2n) is 5.21. The molecular formula is C14H23ClN6. The Morgan fingerprint density at radius 3 is 1.90 bits per heavy atom. The van der Waals surface area contributed by atoms with E-state index in [0.717, 1.165) is 25.7 Å². The predicted molar refractivity (Wildman–Crippen MR) is 89.2 cm³/mol. The Kier molecular flexibility index (Phi) is 6.30. The summed E-state index contributed by atoms with van der Waals surface area (Å²) in [5, 5.41) is 0. The molecule has 0 unspecified atom stereocenters. The van der Waals surface area contributed by atoms with Gasteiger partial charge in [-0.1, -0.05) is 24.3 Å². The lowest BCUT2D eigenvalue weighted by atomic mass is 9.99. The van der Waals surface area contributed by atoms with Crippen molar-refractivity contribution in [1.29, 1.82) is 0 Å². The Bertz CT molecular complexity index is 477. The van der Waals surface area contributed by atoms with Crippen molar-refractivity contribution in [2.75, 3.05) is 0 Å². The fraction of sp³-hybridized carbons (Fsp3) is 0.429. The molecule has 0 aliphatic heterocycles. The lowest BCUT2D eigenvalue weighted by molar-refractivity contribution is 0.461. The minimum Gasteiger partial charge on any atom is -0.370 e. The van der Waals surface area contributed by atoms with Crippen LogP contribution in [0, 0.1) is 5.92 Å². The van der Waals surface area contributed by atoms with Gasteiger partial charge in [0.05, 0.1) is 0 Å². The second kappa shape index (κ2) is 7.73. The van der Waals surface area contributed by atoms with Crippen LogP contribution in [0.3, 0.4) is 0 Å². The van der Waals surface area contributed by atoms with E-state index < -0.39 is 0 Å². The van der Waals surface area contributed by atoms with E-state index >= 15 is 0 Å². The van der Waals surface area contributed by atoms with Crippen LogP contribution in [0.2, 0.25) is 0 Å². The summed E-state index contributed by atoms with van der Waals surface area (Å²) in [7, 11) is 0. The van der Waals surface area contributed by atoms with Crippen LogP contribution in [0.25, 0.3) is 0 Å². The van der Waals surface area contributed by atoms with Gasteiger partial charge in [0.1, 0.15) is 6.17 Å². The highest BCUT2D eigenvalue weighted by atomic mass is 35.5. The van der Waals surface area contributed by atoms with Gasteiger partial charge in [0, 0.05) is 0 Å². The van der Waals surface area contributed by atoms with Gasteiger partial charge in [-0.2, -0.15) is 0 Å². The molecule has 2 rings (SSSR count). The van der Waals surface area contributed by atoms with E-state index in [1.165, 1.54) is 11.1 Å². The zero-order valence-corrected chi connectivity index (χ0v) is 12.7. The van der Waals surface area contributed by atoms with Crippen molar-refractivity contribution in [2.24, 2.45) is 38.8 Å². The monoisotopic (exact) mass is 310 g/mol. The van der Waals surface area contributed by atoms with Crippen molar-refractivity contribution < 1.29 is 0 Å². The van der Waals surface area contributed by atoms with E-state index in [0.29, 0.717) is 5.92 Å². The van der Waals surface area contributed by atoms with Crippen LogP contribution < -0.4 is 22.9 Å². The Labute approximate surface area is 131 Å². The number of nitrogens with two attached hydrogens (primary N) is 4. The summed E-state index contributed by atoms with van der Waals surface area (Å²) < 4.78 is 0. The average Bonchev–Trinajstić information content (AvgIpc) is 2.77. The van der Waals surface area contributed by atoms with Gasteiger partial charge in [-0.05, 0) is 42.7 Å². The molecule has 0 bridgehead atoms. The van der Waals surface area contributed by atoms with E-state index in [9.17, 15) is 0 Å². The first kappa shape index (κ1) is 17.1. The topological polar surface area (TPSA) is 129 Å². The summed E-state index contributed by atoms with van der Waals surface area (Å²) in [6, 6.07) is 8.56. The average molecular weight is 311 g/mol. The molecule has 0 saturated heterocycles. The Morgan fingerprint density at radius 1 is 1.00 bits per heavy atom. The van der Waals surface area contributed by atoms with Crippen LogP contribution >= 0.6 is 12.4 Å². The highest BCUT2D eigenvalue weighted by Crippen LogP contribution is 2.30. The van der Waals surface area contributed by atoms with Crippen molar-refractivity contribution in [2.45, 2.75) is 31.8 Å². The molecule has 0 saturated carbocycles. The summed E-state index contributed by atoms with van der Waals surface area (Å²) in [5.74, 6) is 0.628. The van der Waals surface area contributed by atoms with E-state index in [-0.39, 0.29) is 30.5 Å². The molecule has 1 aliphatic carbocycles. The molecule has 1 aromatic rings. The smallest absolute Gasteiger partial charge is 0.188 e. The van der Waals surface area contributed by atoms with Gasteiger partial charge in [0.2, 0.25) is 0 Å². The van der Waals surface area contributed by atoms with Crippen LogP contribution in [0.15, 0.2) is 34.3 Å². The van der Waals surface area contributed by atoms with E-state index in [4.69, 9.17) is 22.9 Å². The van der Waals surface area contributed by atoms with Crippen LogP contribution in [0.5, 0.6) is 0 Å². The van der Waals surface area contributed by atoms with Crippen molar-refractivity contribution >= 4 is 24.3 Å². The molecule has 0 atom stereocenters. The molecule has 0 fully saturated rings. The fourth-order valence-corrected chi connectivity index (χ4v) is 2.74. The Morgan fingerprint density at radius 2 is 1.48 bits per heavy atom. The van der Waals surface area contributed by atoms with Crippen molar-refractivity contribution in [3.63, 3.8) is 0 Å². The van der Waals surface area contributed by atoms with Crippen LogP contribution in [-0.2, 0) is 12.8 Å². The number of fused-ring (bicyclic) bond motifs is 1. The van der Waals surface area contributed by atoms with Gasteiger partial charge in [-0.15, -0.1) is 12.4 Å². The zero-order chi connectivity index (χ0) is 14.5. The van der Waals surface area contributed by atoms with E-state index in [1.807, 2.05) is 0 Å². The molecule has 0 aromatic heterocycles. The van der Waals surface area contributed by atoms with Crippen molar-refractivity contribution in [3.05, 3.63) is 35.4 Å². The predicted octanol–water partition coefficient (Wildman–Crippen LogP) is 0.476. The SMILES string of the molecule is Cl.NC(N)=NC(CCC1Cc2ccccc2C1)N=C(N)N. The summed E-state index contributed by atoms with van der Waals surface area (Å²) in [6.45, 7) is 0. The molecule has 7 heteroatoms. The van der Waals surface area contributed by atoms with Gasteiger partial charge < -0.3 is 22.9 Å². The third kappa shape index (κ3) is 5.15. The number of halogens is 1. The number of benzene rings is 1. The summed E-state index contributed by atoms with van der Waals surface area (Å²) in [5.41, 5.74) is 24.5. The first-order chi connectivity index (χ1) is 9.54. The summed E-state index contributed by atoms with van der Waals surface area (Å²) in [6.07, 6.45) is 3.56. The molecular weight excluding hydrogens is 288 g/mol. The molecule has 0 amide bonds. The van der Waals surface area contributed by atoms with Crippen LogP contribution in [0.4, 0.5) is 0 Å². The van der Waals surface area contributed by atoms with E-state index in [2.05, 4.69) is 34.3 Å². The minimum atomic E-state index is -0.381. The zero-order valence-electron chi connectivity index (χ0n) is 11.9. The summed E-state index contributed by atoms with van der Waals surface area (Å²) in [4.78, 5) is 8.10. The Hall–Kier alpha value is -1.95. The number of guanidine groups is 2. The molecule has 0 radical (unpaired) electrons. The quantitative estimate of drug-likeness (QED) is 0.465. The van der Waals surface area contributed by atoms with Crippen LogP contribution in [-0.4, -0.2) is 18.1 Å². The standard InChI is InChI=1S/C14H22N6.ClH/c15-13(16)19-12(20-14(17)18)6-5-9-7-10-3-1-2-4-11(10)8-9;/h1-4,9,12H,5-8H2,(H4,15,16,19)(H4,17,18,20);1H. The lowest BCUT2D eigenvalue weighted by Crippen LogP contribution is -2.28. The van der Waals surface area contributed by atoms with Gasteiger partial charge in [0.15, 0.2) is 11.9 Å². The molecule has 1 aliphatic rings. The molecule has 6 nitrogen and oxygen atoms in total. The third-order valence-electron chi connectivity index (χ3n) is 3.56. The maximum absolute atomic E-state index is 5.40. The number of aliphatic imine (C=N–C) groups is 2. The number of nitrogens with zero attached hydrogens (tertiary/aromatic N) is 2. The lowest BCUT2D eigenvalue weighted by Gasteiger charge is -2.12. The third-order valence-corrected chi connectivity index (χ3v) is 3.56. The molecule has 0 spiro atoms. The number of rotatable bonds is 5. The van der Waals surface area contributed by atoms with Gasteiger partial charge >= 0.3 is 0 Å². The molecule has 21 heavy (non-hydrogen) atoms. The first-order valence-electron chi connectivity index (χ1n) is 6.79. The van der Waals surface area contributed by atoms with Gasteiger partial charge in [-0.3, -0.25) is 0 Å². The second-order valence-corrected chi connectivity index (χ2v) is 5.21. The van der Waals surface area contributed by atoms with Crippen LogP contribution in [0.1, 0.15) is 24.0 Å². The van der Waals surface area contributed by atoms with Gasteiger partial charge in [0.25, 0.3) is 0 Å². The van der Waals surface area contributed by atoms with Crippen molar-refractivity contribution in [1.82, 2.24) is 0 Å². The minimum absolute atomic E-state index is 0. The molecule has 0 heterocycles. The highest BCUT2D eigenvalue weighted by molar-refractivity contribution is 5.85. The van der Waals surface area contributed by atoms with Gasteiger partial charge in [-0.25, -0.2) is 9.98 Å². The molecule has 1 aromatic carbocycles. The first-order valence-corrected chi connectivity index (χ1v) is 6.79. The molecule has 116 valence electrons. The maximum atomic E-state index is 5.40. The van der Waals surface area contributed by atoms with E-state index in [1.54, 1.807) is 0 Å². The highest BCUT2D eigenvalue weighted by Gasteiger charge is 2.21. The summed E-state index contributed by atoms with van der Waals surface area (Å²) >= 11 is 0. The largest absolute Gasteiger partial charge is 0.370 e. The Balaban J connectivity index is 0.00000220. The molecule has 8 N–H and O–H groups in total. The van der Waals surface area contributed by atoms with Crippen molar-refractivity contribution in [3.8, 4) is 0 Å². The maximum Gasteiger partial charge on any atom is 0.188 e.